The molecule has 0 N–H and O–H groups in total. The van der Waals surface area contributed by atoms with Crippen LogP contribution in [-0.4, -0.2) is 9.63 Å². The van der Waals surface area contributed by atoms with E-state index in [-0.39, 0.29) is 16.2 Å². The number of thiophene rings is 1. The average Bonchev–Trinajstić information content (AvgIpc) is 3.35. The first-order valence-electron chi connectivity index (χ1n) is 10.2. The first kappa shape index (κ1) is 24.1. The van der Waals surface area contributed by atoms with Crippen molar-refractivity contribution in [3.63, 3.8) is 0 Å². The second kappa shape index (κ2) is 12.4. The maximum atomic E-state index is 13.4. The second-order valence-electron chi connectivity index (χ2n) is 7.04. The Morgan fingerprint density at radius 2 is 1.39 bits per heavy atom. The molecule has 0 spiro atoms. The Bertz CT molecular complexity index is 1100. The number of benzene rings is 3. The molecular formula is C26H21F2NS4. The summed E-state index contributed by atoms with van der Waals surface area (Å²) in [4.78, 5) is 6.91. The zero-order valence-corrected chi connectivity index (χ0v) is 20.8. The van der Waals surface area contributed by atoms with Crippen molar-refractivity contribution in [2.45, 2.75) is 26.5 Å². The molecule has 0 amide bonds. The minimum Gasteiger partial charge on any atom is -0.247 e. The third-order valence-corrected chi connectivity index (χ3v) is 8.83. The van der Waals surface area contributed by atoms with Gasteiger partial charge >= 0.3 is 0 Å². The molecule has 0 aliphatic carbocycles. The highest BCUT2D eigenvalue weighted by Crippen LogP contribution is 2.39. The summed E-state index contributed by atoms with van der Waals surface area (Å²) in [5, 5.41) is 5.27. The van der Waals surface area contributed by atoms with Crippen LogP contribution in [0.3, 0.4) is 0 Å². The third-order valence-electron chi connectivity index (χ3n) is 4.50. The van der Waals surface area contributed by atoms with Gasteiger partial charge in [-0.15, -0.1) is 35.3 Å². The number of hydrogen-bond donors (Lipinski definition) is 0. The highest BCUT2D eigenvalue weighted by Gasteiger charge is 2.17. The normalized spacial score (nSPS) is 11.8. The molecule has 33 heavy (non-hydrogen) atoms. The van der Waals surface area contributed by atoms with E-state index in [9.17, 15) is 8.78 Å². The quantitative estimate of drug-likeness (QED) is 0.0957. The fourth-order valence-corrected chi connectivity index (χ4v) is 7.39. The van der Waals surface area contributed by atoms with Gasteiger partial charge in [-0.25, -0.2) is 13.8 Å². The van der Waals surface area contributed by atoms with Gasteiger partial charge in [0.2, 0.25) is 0 Å². The smallest absolute Gasteiger partial charge is 0.123 e. The number of nitrogens with zero attached hydrogens (tertiary/aromatic N) is 1. The Hall–Kier alpha value is -2.06. The average molecular weight is 514 g/mol. The van der Waals surface area contributed by atoms with Crippen LogP contribution in [0.15, 0.2) is 110 Å². The molecule has 0 atom stereocenters. The number of hydrogen-bond acceptors (Lipinski definition) is 5. The molecule has 3 aromatic carbocycles. The van der Waals surface area contributed by atoms with E-state index >= 15 is 0 Å². The molecule has 0 bridgehead atoms. The van der Waals surface area contributed by atoms with Crippen LogP contribution >= 0.6 is 46.6 Å². The van der Waals surface area contributed by atoms with Gasteiger partial charge in [0.1, 0.15) is 11.6 Å². The summed E-state index contributed by atoms with van der Waals surface area (Å²) in [5.41, 5.74) is 2.20. The van der Waals surface area contributed by atoms with E-state index in [4.69, 9.17) is 4.99 Å². The van der Waals surface area contributed by atoms with E-state index in [1.54, 1.807) is 70.9 Å². The van der Waals surface area contributed by atoms with Crippen LogP contribution in [-0.2, 0) is 5.75 Å². The lowest BCUT2D eigenvalue weighted by Crippen LogP contribution is -2.05. The van der Waals surface area contributed by atoms with Crippen molar-refractivity contribution in [2.24, 2.45) is 4.99 Å². The van der Waals surface area contributed by atoms with Crippen LogP contribution in [0.4, 0.5) is 14.5 Å². The molecule has 0 saturated carbocycles. The minimum absolute atomic E-state index is 0.0818. The summed E-state index contributed by atoms with van der Waals surface area (Å²) in [5.74, 6) is 0.351. The topological polar surface area (TPSA) is 12.4 Å². The number of para-hydroxylation sites is 1. The van der Waals surface area contributed by atoms with Crippen molar-refractivity contribution in [1.29, 1.82) is 0 Å². The van der Waals surface area contributed by atoms with Gasteiger partial charge in [-0.3, -0.25) is 0 Å². The molecule has 7 heteroatoms. The van der Waals surface area contributed by atoms with Crippen LogP contribution < -0.4 is 0 Å². The Morgan fingerprint density at radius 1 is 0.788 bits per heavy atom. The van der Waals surface area contributed by atoms with Gasteiger partial charge in [-0.2, -0.15) is 11.3 Å². The monoisotopic (exact) mass is 513 g/mol. The molecule has 0 radical (unpaired) electrons. The minimum atomic E-state index is -0.250. The van der Waals surface area contributed by atoms with E-state index in [1.807, 2.05) is 30.3 Å². The van der Waals surface area contributed by atoms with Gasteiger partial charge in [0, 0.05) is 22.0 Å². The van der Waals surface area contributed by atoms with E-state index in [2.05, 4.69) is 16.8 Å². The molecule has 0 aliphatic heterocycles. The largest absolute Gasteiger partial charge is 0.247 e. The highest BCUT2D eigenvalue weighted by molar-refractivity contribution is 8.17. The predicted molar refractivity (Wildman–Crippen MR) is 142 cm³/mol. The molecule has 1 heterocycles. The first-order chi connectivity index (χ1) is 16.1. The molecule has 1 aromatic heterocycles. The van der Waals surface area contributed by atoms with E-state index in [0.717, 1.165) is 26.3 Å². The van der Waals surface area contributed by atoms with Gasteiger partial charge in [-0.1, -0.05) is 18.2 Å². The van der Waals surface area contributed by atoms with Crippen LogP contribution in [0, 0.1) is 11.6 Å². The fraction of sp³-hybridized carbons (Fsp3) is 0.115. The Kier molecular flexibility index (Phi) is 9.06. The first-order valence-corrected chi connectivity index (χ1v) is 13.9. The molecule has 1 nitrogen and oxygen atoms in total. The zero-order chi connectivity index (χ0) is 22.9. The van der Waals surface area contributed by atoms with Gasteiger partial charge in [0.15, 0.2) is 0 Å². The molecule has 4 aromatic rings. The maximum absolute atomic E-state index is 13.4. The number of rotatable bonds is 9. The molecule has 0 aliphatic rings. The van der Waals surface area contributed by atoms with Crippen LogP contribution in [0.1, 0.15) is 12.0 Å². The summed E-state index contributed by atoms with van der Waals surface area (Å²) in [7, 11) is 0. The van der Waals surface area contributed by atoms with Crippen LogP contribution in [0.25, 0.3) is 0 Å². The van der Waals surface area contributed by atoms with Crippen molar-refractivity contribution in [1.82, 2.24) is 0 Å². The second-order valence-corrected chi connectivity index (χ2v) is 11.7. The lowest BCUT2D eigenvalue weighted by molar-refractivity contribution is 0.626. The van der Waals surface area contributed by atoms with E-state index < -0.39 is 0 Å². The number of halogens is 2. The van der Waals surface area contributed by atoms with Crippen molar-refractivity contribution in [3.05, 3.63) is 113 Å². The lowest BCUT2D eigenvalue weighted by atomic mass is 10.3. The van der Waals surface area contributed by atoms with Crippen molar-refractivity contribution in [2.75, 3.05) is 0 Å². The number of aliphatic imine (C=N–C) groups is 1. The van der Waals surface area contributed by atoms with E-state index in [1.165, 1.54) is 29.8 Å². The Labute approximate surface area is 209 Å². The predicted octanol–water partition coefficient (Wildman–Crippen LogP) is 9.29. The van der Waals surface area contributed by atoms with Gasteiger partial charge in [0.05, 0.1) is 15.3 Å². The third kappa shape index (κ3) is 8.03. The SMILES string of the molecule is Fc1ccc(SC(CC(=Nc2ccccc2)SCc2ccsc2)Sc2ccc(F)cc2)cc1. The highest BCUT2D eigenvalue weighted by atomic mass is 32.2. The lowest BCUT2D eigenvalue weighted by Gasteiger charge is -2.18. The zero-order valence-electron chi connectivity index (χ0n) is 17.6. The summed E-state index contributed by atoms with van der Waals surface area (Å²) in [6.45, 7) is 0. The van der Waals surface area contributed by atoms with E-state index in [0.29, 0.717) is 6.42 Å². The summed E-state index contributed by atoms with van der Waals surface area (Å²) in [6.07, 6.45) is 0.716. The summed E-state index contributed by atoms with van der Waals surface area (Å²) < 4.78 is 26.9. The molecule has 0 unspecified atom stereocenters. The fourth-order valence-electron chi connectivity index (χ4n) is 2.90. The molecule has 168 valence electrons. The van der Waals surface area contributed by atoms with Crippen LogP contribution in [0.5, 0.6) is 0 Å². The molecule has 4 rings (SSSR count). The van der Waals surface area contributed by atoms with Gasteiger partial charge in [0.25, 0.3) is 0 Å². The Balaban J connectivity index is 1.57. The van der Waals surface area contributed by atoms with Gasteiger partial charge < -0.3 is 0 Å². The maximum Gasteiger partial charge on any atom is 0.123 e. The summed E-state index contributed by atoms with van der Waals surface area (Å²) >= 11 is 6.77. The molecular weight excluding hydrogens is 493 g/mol. The number of thioether (sulfide) groups is 3. The standard InChI is InChI=1S/C26H21F2NS4/c27-20-6-10-23(11-7-20)32-26(33-24-12-8-21(28)9-13-24)16-25(29-22-4-2-1-3-5-22)31-18-19-14-15-30-17-19/h1-15,17,26H,16,18H2. The van der Waals surface area contributed by atoms with Crippen LogP contribution in [0.2, 0.25) is 0 Å². The van der Waals surface area contributed by atoms with Crippen molar-refractivity contribution in [3.8, 4) is 0 Å². The van der Waals surface area contributed by atoms with Crippen molar-refractivity contribution >= 4 is 57.4 Å². The van der Waals surface area contributed by atoms with Crippen molar-refractivity contribution < 1.29 is 8.78 Å². The molecule has 0 saturated heterocycles. The van der Waals surface area contributed by atoms with Gasteiger partial charge in [-0.05, 0) is 83.1 Å². The summed E-state index contributed by atoms with van der Waals surface area (Å²) in [6, 6.07) is 25.2. The molecule has 0 fully saturated rings. The Morgan fingerprint density at radius 3 is 1.94 bits per heavy atom.